The highest BCUT2D eigenvalue weighted by molar-refractivity contribution is 6.02. The van der Waals surface area contributed by atoms with Crippen LogP contribution in [0.25, 0.3) is 11.1 Å². The number of hydrogen-bond acceptors (Lipinski definition) is 4. The maximum atomic E-state index is 12.7. The predicted molar refractivity (Wildman–Crippen MR) is 127 cm³/mol. The third kappa shape index (κ3) is 5.85. The Bertz CT molecular complexity index is 1280. The van der Waals surface area contributed by atoms with E-state index >= 15 is 0 Å². The van der Waals surface area contributed by atoms with E-state index in [4.69, 9.17) is 4.74 Å². The summed E-state index contributed by atoms with van der Waals surface area (Å²) in [6, 6.07) is 12.8. The van der Waals surface area contributed by atoms with Gasteiger partial charge in [-0.15, -0.1) is 0 Å². The molecule has 4 nitrogen and oxygen atoms in total. The van der Waals surface area contributed by atoms with E-state index < -0.39 is 17.5 Å². The Kier molecular flexibility index (Phi) is 7.15. The summed E-state index contributed by atoms with van der Waals surface area (Å²) < 4.78 is 43.7. The van der Waals surface area contributed by atoms with Crippen LogP contribution in [0.4, 0.5) is 13.2 Å². The van der Waals surface area contributed by atoms with Crippen LogP contribution in [-0.2, 0) is 12.8 Å². The molecule has 4 rings (SSSR count). The van der Waals surface area contributed by atoms with E-state index in [1.54, 1.807) is 0 Å². The number of nitrogens with zero attached hydrogens (tertiary/aromatic N) is 1. The molecule has 3 aromatic rings. The quantitative estimate of drug-likeness (QED) is 0.296. The zero-order valence-corrected chi connectivity index (χ0v) is 19.2. The van der Waals surface area contributed by atoms with Gasteiger partial charge in [0.1, 0.15) is 5.75 Å². The summed E-state index contributed by atoms with van der Waals surface area (Å²) in [7, 11) is 0. The summed E-state index contributed by atoms with van der Waals surface area (Å²) in [6.07, 6.45) is 2.95. The molecule has 0 spiro atoms. The van der Waals surface area contributed by atoms with E-state index in [1.165, 1.54) is 12.1 Å². The predicted octanol–water partition coefficient (Wildman–Crippen LogP) is 6.58. The lowest BCUT2D eigenvalue weighted by Gasteiger charge is -2.17. The fraction of sp³-hybridized carbons (Fsp3) is 0.250. The molecule has 35 heavy (non-hydrogen) atoms. The molecule has 0 saturated carbocycles. The fourth-order valence-electron chi connectivity index (χ4n) is 3.99. The van der Waals surface area contributed by atoms with Gasteiger partial charge in [-0.1, -0.05) is 48.9 Å². The number of ether oxygens (including phenoxy) is 1. The third-order valence-electron chi connectivity index (χ3n) is 6.00. The van der Waals surface area contributed by atoms with E-state index in [-0.39, 0.29) is 17.8 Å². The molecular weight excluding hydrogens is 455 g/mol. The van der Waals surface area contributed by atoms with Crippen LogP contribution in [0, 0.1) is 0 Å². The second kappa shape index (κ2) is 10.3. The minimum Gasteiger partial charge on any atom is -0.493 e. The first-order valence-electron chi connectivity index (χ1n) is 11.4. The molecule has 180 valence electrons. The van der Waals surface area contributed by atoms with E-state index in [9.17, 15) is 22.8 Å². The van der Waals surface area contributed by atoms with Gasteiger partial charge in [0.05, 0.1) is 6.61 Å². The Hall–Kier alpha value is -3.74. The van der Waals surface area contributed by atoms with Crippen LogP contribution >= 0.6 is 0 Å². The number of rotatable bonds is 6. The second-order valence-corrected chi connectivity index (χ2v) is 8.43. The van der Waals surface area contributed by atoms with Crippen molar-refractivity contribution in [2.75, 3.05) is 6.61 Å². The molecule has 1 aliphatic rings. The topological polar surface area (TPSA) is 56.3 Å². The number of Topliss-reactive ketones (excluding diaryl/α,β-unsaturated/α-hetero) is 2. The molecule has 1 aromatic heterocycles. The number of carbonyl (C=O) groups excluding carboxylic acids is 2. The van der Waals surface area contributed by atoms with Crippen molar-refractivity contribution < 1.29 is 27.5 Å². The number of aryl methyl sites for hydroxylation is 1. The molecule has 1 aliphatic heterocycles. The summed E-state index contributed by atoms with van der Waals surface area (Å²) in [5.74, 6) is -1.34. The molecule has 0 atom stereocenters. The molecule has 0 bridgehead atoms. The largest absolute Gasteiger partial charge is 0.493 e. The highest BCUT2D eigenvalue weighted by atomic mass is 19.4. The van der Waals surface area contributed by atoms with Gasteiger partial charge in [0, 0.05) is 41.9 Å². The molecule has 0 N–H and O–H groups in total. The maximum absolute atomic E-state index is 12.7. The van der Waals surface area contributed by atoms with E-state index in [0.717, 1.165) is 52.1 Å². The molecular formula is C28H24F3NO3. The fourth-order valence-corrected chi connectivity index (χ4v) is 3.99. The number of carbonyl (C=O) groups is 2. The van der Waals surface area contributed by atoms with E-state index in [1.807, 2.05) is 30.6 Å². The van der Waals surface area contributed by atoms with Crippen molar-refractivity contribution in [3.8, 4) is 16.9 Å². The number of fused-ring (bicyclic) bond motifs is 1. The summed E-state index contributed by atoms with van der Waals surface area (Å²) in [5, 5.41) is 0. The van der Waals surface area contributed by atoms with Crippen molar-refractivity contribution in [2.45, 2.75) is 38.8 Å². The average Bonchev–Trinajstić information content (AvgIpc) is 2.85. The molecule has 0 aliphatic carbocycles. The molecule has 2 aromatic carbocycles. The van der Waals surface area contributed by atoms with Crippen molar-refractivity contribution in [3.05, 3.63) is 94.8 Å². The minimum atomic E-state index is -4.94. The SMILES string of the molecule is CCc1cncc(-c2ccc3c(c2)C/C=C(/CC(=O)c2ccc(C(=O)C(F)(F)F)cc2)CCO3)c1. The zero-order valence-electron chi connectivity index (χ0n) is 19.2. The van der Waals surface area contributed by atoms with Crippen LogP contribution in [0.5, 0.6) is 5.75 Å². The minimum absolute atomic E-state index is 0.132. The number of allylic oxidation sites excluding steroid dienone is 1. The molecule has 7 heteroatoms. The van der Waals surface area contributed by atoms with E-state index in [0.29, 0.717) is 19.4 Å². The lowest BCUT2D eigenvalue weighted by Crippen LogP contribution is -2.22. The number of halogens is 3. The molecule has 0 amide bonds. The van der Waals surface area contributed by atoms with Crippen LogP contribution in [0.2, 0.25) is 0 Å². The second-order valence-electron chi connectivity index (χ2n) is 8.43. The van der Waals surface area contributed by atoms with Crippen molar-refractivity contribution in [3.63, 3.8) is 0 Å². The summed E-state index contributed by atoms with van der Waals surface area (Å²) >= 11 is 0. The van der Waals surface area contributed by atoms with Gasteiger partial charge in [-0.25, -0.2) is 0 Å². The Balaban J connectivity index is 1.48. The van der Waals surface area contributed by atoms with Crippen molar-refractivity contribution in [1.29, 1.82) is 0 Å². The Morgan fingerprint density at radius 1 is 0.971 bits per heavy atom. The summed E-state index contributed by atoms with van der Waals surface area (Å²) in [6.45, 7) is 2.50. The van der Waals surface area contributed by atoms with Crippen LogP contribution in [0.1, 0.15) is 51.6 Å². The monoisotopic (exact) mass is 479 g/mol. The molecule has 0 fully saturated rings. The molecule has 0 saturated heterocycles. The van der Waals surface area contributed by atoms with Crippen LogP contribution < -0.4 is 4.74 Å². The Labute approximate surface area is 201 Å². The Morgan fingerprint density at radius 3 is 2.43 bits per heavy atom. The standard InChI is InChI=1S/C28H24F3NO3/c1-2-18-13-24(17-32-16-18)22-9-10-26-23(15-22)4-3-19(11-12-35-26)14-25(33)20-5-7-21(8-6-20)27(34)28(29,30)31/h3,5-10,13,15-17H,2,4,11-12,14H2,1H3/b19-3+. The molecule has 2 heterocycles. The van der Waals surface area contributed by atoms with Gasteiger partial charge >= 0.3 is 6.18 Å². The first kappa shape index (κ1) is 24.4. The summed E-state index contributed by atoms with van der Waals surface area (Å²) in [5.41, 5.74) is 4.90. The number of aromatic nitrogens is 1. The van der Waals surface area contributed by atoms with Gasteiger partial charge in [-0.05, 0) is 47.7 Å². The lowest BCUT2D eigenvalue weighted by molar-refractivity contribution is -0.0885. The number of pyridine rings is 1. The number of ketones is 2. The van der Waals surface area contributed by atoms with Crippen molar-refractivity contribution >= 4 is 11.6 Å². The van der Waals surface area contributed by atoms with Gasteiger partial charge < -0.3 is 4.74 Å². The number of alkyl halides is 3. The highest BCUT2D eigenvalue weighted by Gasteiger charge is 2.39. The van der Waals surface area contributed by atoms with Crippen molar-refractivity contribution in [2.24, 2.45) is 0 Å². The number of benzene rings is 2. The van der Waals surface area contributed by atoms with Gasteiger partial charge in [-0.3, -0.25) is 14.6 Å². The smallest absolute Gasteiger partial charge is 0.454 e. The maximum Gasteiger partial charge on any atom is 0.454 e. The first-order valence-corrected chi connectivity index (χ1v) is 11.4. The molecule has 0 radical (unpaired) electrons. The van der Waals surface area contributed by atoms with Crippen LogP contribution in [0.3, 0.4) is 0 Å². The highest BCUT2D eigenvalue weighted by Crippen LogP contribution is 2.30. The van der Waals surface area contributed by atoms with Crippen LogP contribution in [-0.4, -0.2) is 29.3 Å². The van der Waals surface area contributed by atoms with Gasteiger partial charge in [-0.2, -0.15) is 13.2 Å². The first-order chi connectivity index (χ1) is 16.7. The Morgan fingerprint density at radius 2 is 1.71 bits per heavy atom. The van der Waals surface area contributed by atoms with Crippen LogP contribution in [0.15, 0.2) is 72.6 Å². The van der Waals surface area contributed by atoms with Crippen molar-refractivity contribution in [1.82, 2.24) is 4.98 Å². The van der Waals surface area contributed by atoms with Gasteiger partial charge in [0.25, 0.3) is 5.78 Å². The lowest BCUT2D eigenvalue weighted by atomic mass is 9.95. The normalized spacial score (nSPS) is 15.1. The van der Waals surface area contributed by atoms with Gasteiger partial charge in [0.2, 0.25) is 0 Å². The summed E-state index contributed by atoms with van der Waals surface area (Å²) in [4.78, 5) is 28.4. The zero-order chi connectivity index (χ0) is 25.0. The number of hydrogen-bond donors (Lipinski definition) is 0. The van der Waals surface area contributed by atoms with Gasteiger partial charge in [0.15, 0.2) is 5.78 Å². The molecule has 0 unspecified atom stereocenters. The average molecular weight is 479 g/mol. The van der Waals surface area contributed by atoms with E-state index in [2.05, 4.69) is 24.0 Å². The third-order valence-corrected chi connectivity index (χ3v) is 6.00.